The maximum atomic E-state index is 10.0. The first kappa shape index (κ1) is 14.6. The molecule has 23 heavy (non-hydrogen) atoms. The van der Waals surface area contributed by atoms with Crippen molar-refractivity contribution in [3.8, 4) is 5.75 Å². The van der Waals surface area contributed by atoms with Crippen molar-refractivity contribution in [2.45, 2.75) is 17.7 Å². The summed E-state index contributed by atoms with van der Waals surface area (Å²) < 4.78 is 0. The summed E-state index contributed by atoms with van der Waals surface area (Å²) >= 11 is 1.89. The quantitative estimate of drug-likeness (QED) is 0.914. The maximum absolute atomic E-state index is 10.0. The maximum Gasteiger partial charge on any atom is 0.146 e. The number of rotatable bonds is 2. The Morgan fingerprint density at radius 2 is 1.78 bits per heavy atom. The molecule has 4 rings (SSSR count). The third-order valence-electron chi connectivity index (χ3n) is 4.46. The number of thioether (sulfide) groups is 1. The SMILES string of the molecule is Oc1ccccc1N1CCN(c2ncnc3c2SCCC3)CC1. The third kappa shape index (κ3) is 2.83. The van der Waals surface area contributed by atoms with Crippen LogP contribution in [0, 0.1) is 0 Å². The second-order valence-electron chi connectivity index (χ2n) is 5.89. The molecule has 1 N–H and O–H groups in total. The lowest BCUT2D eigenvalue weighted by Gasteiger charge is -2.37. The standard InChI is InChI=1S/C17H20N4OS/c22-15-6-2-1-5-14(15)20-7-9-21(10-8-20)17-16-13(18-12-19-17)4-3-11-23-16/h1-2,5-6,12,22H,3-4,7-11H2. The van der Waals surface area contributed by atoms with E-state index in [4.69, 9.17) is 0 Å². The number of phenols is 1. The Labute approximate surface area is 140 Å². The number of para-hydroxylation sites is 2. The molecule has 5 nitrogen and oxygen atoms in total. The Bertz CT molecular complexity index is 701. The van der Waals surface area contributed by atoms with Crippen molar-refractivity contribution in [2.24, 2.45) is 0 Å². The average Bonchev–Trinajstić information content (AvgIpc) is 2.62. The molecular formula is C17H20N4OS. The fourth-order valence-electron chi connectivity index (χ4n) is 3.26. The van der Waals surface area contributed by atoms with E-state index in [2.05, 4.69) is 19.8 Å². The number of benzene rings is 1. The summed E-state index contributed by atoms with van der Waals surface area (Å²) in [6.07, 6.45) is 3.97. The second kappa shape index (κ2) is 6.28. The Morgan fingerprint density at radius 3 is 2.61 bits per heavy atom. The number of aryl methyl sites for hydroxylation is 1. The highest BCUT2D eigenvalue weighted by Gasteiger charge is 2.24. The summed E-state index contributed by atoms with van der Waals surface area (Å²) in [4.78, 5) is 14.9. The van der Waals surface area contributed by atoms with E-state index < -0.39 is 0 Å². The van der Waals surface area contributed by atoms with Gasteiger partial charge in [0.05, 0.1) is 16.3 Å². The van der Waals surface area contributed by atoms with E-state index in [1.165, 1.54) is 17.0 Å². The highest BCUT2D eigenvalue weighted by Crippen LogP contribution is 2.36. The fourth-order valence-corrected chi connectivity index (χ4v) is 4.38. The van der Waals surface area contributed by atoms with Gasteiger partial charge in [0.1, 0.15) is 17.9 Å². The molecule has 0 aliphatic carbocycles. The van der Waals surface area contributed by atoms with Crippen LogP contribution in [-0.2, 0) is 6.42 Å². The van der Waals surface area contributed by atoms with Crippen molar-refractivity contribution in [3.63, 3.8) is 0 Å². The number of anilines is 2. The molecular weight excluding hydrogens is 308 g/mol. The number of phenolic OH excluding ortho intramolecular Hbond substituents is 1. The Morgan fingerprint density at radius 1 is 1.00 bits per heavy atom. The third-order valence-corrected chi connectivity index (χ3v) is 5.66. The van der Waals surface area contributed by atoms with E-state index in [0.717, 1.165) is 49.9 Å². The van der Waals surface area contributed by atoms with E-state index in [-0.39, 0.29) is 0 Å². The number of nitrogens with zero attached hydrogens (tertiary/aromatic N) is 4. The molecule has 1 fully saturated rings. The number of hydrogen-bond acceptors (Lipinski definition) is 6. The lowest BCUT2D eigenvalue weighted by atomic mass is 10.2. The van der Waals surface area contributed by atoms with E-state index in [1.807, 2.05) is 30.0 Å². The zero-order valence-electron chi connectivity index (χ0n) is 13.0. The molecule has 2 aliphatic rings. The minimum absolute atomic E-state index is 0.357. The zero-order chi connectivity index (χ0) is 15.6. The van der Waals surface area contributed by atoms with Crippen molar-refractivity contribution >= 4 is 23.3 Å². The van der Waals surface area contributed by atoms with Gasteiger partial charge in [-0.15, -0.1) is 11.8 Å². The van der Waals surface area contributed by atoms with Crippen molar-refractivity contribution in [3.05, 3.63) is 36.3 Å². The number of piperazine rings is 1. The normalized spacial score (nSPS) is 17.9. The molecule has 0 saturated carbocycles. The van der Waals surface area contributed by atoms with Crippen molar-refractivity contribution in [1.82, 2.24) is 9.97 Å². The van der Waals surface area contributed by atoms with Crippen LogP contribution >= 0.6 is 11.8 Å². The molecule has 3 heterocycles. The van der Waals surface area contributed by atoms with Crippen molar-refractivity contribution < 1.29 is 5.11 Å². The number of aromatic hydroxyl groups is 1. The van der Waals surface area contributed by atoms with Gasteiger partial charge in [-0.05, 0) is 30.7 Å². The van der Waals surface area contributed by atoms with Crippen LogP contribution < -0.4 is 9.80 Å². The molecule has 120 valence electrons. The fraction of sp³-hybridized carbons (Fsp3) is 0.412. The van der Waals surface area contributed by atoms with Crippen molar-refractivity contribution in [1.29, 1.82) is 0 Å². The minimum Gasteiger partial charge on any atom is -0.506 e. The van der Waals surface area contributed by atoms with Gasteiger partial charge in [0, 0.05) is 26.2 Å². The van der Waals surface area contributed by atoms with Gasteiger partial charge in [0.2, 0.25) is 0 Å². The Balaban J connectivity index is 1.51. The number of hydrogen-bond donors (Lipinski definition) is 1. The predicted octanol–water partition coefficient (Wildman–Crippen LogP) is 2.55. The summed E-state index contributed by atoms with van der Waals surface area (Å²) in [6, 6.07) is 7.56. The number of fused-ring (bicyclic) bond motifs is 1. The van der Waals surface area contributed by atoms with Crippen molar-refractivity contribution in [2.75, 3.05) is 41.7 Å². The average molecular weight is 328 g/mol. The van der Waals surface area contributed by atoms with Gasteiger partial charge in [0.15, 0.2) is 0 Å². The molecule has 1 saturated heterocycles. The summed E-state index contributed by atoms with van der Waals surface area (Å²) in [5.41, 5.74) is 2.13. The van der Waals surface area contributed by atoms with Crippen LogP contribution in [0.1, 0.15) is 12.1 Å². The van der Waals surface area contributed by atoms with Gasteiger partial charge in [-0.25, -0.2) is 9.97 Å². The van der Waals surface area contributed by atoms with Crippen LogP contribution in [0.15, 0.2) is 35.5 Å². The van der Waals surface area contributed by atoms with Crippen LogP contribution in [-0.4, -0.2) is 47.0 Å². The highest BCUT2D eigenvalue weighted by molar-refractivity contribution is 7.99. The Kier molecular flexibility index (Phi) is 3.99. The van der Waals surface area contributed by atoms with Gasteiger partial charge < -0.3 is 14.9 Å². The van der Waals surface area contributed by atoms with Gasteiger partial charge >= 0.3 is 0 Å². The van der Waals surface area contributed by atoms with E-state index >= 15 is 0 Å². The van der Waals surface area contributed by atoms with Gasteiger partial charge in [0.25, 0.3) is 0 Å². The van der Waals surface area contributed by atoms with E-state index in [1.54, 1.807) is 12.4 Å². The minimum atomic E-state index is 0.357. The van der Waals surface area contributed by atoms with Gasteiger partial charge in [-0.1, -0.05) is 12.1 Å². The lowest BCUT2D eigenvalue weighted by Crippen LogP contribution is -2.47. The first-order valence-electron chi connectivity index (χ1n) is 8.07. The first-order valence-corrected chi connectivity index (χ1v) is 9.06. The van der Waals surface area contributed by atoms with Crippen LogP contribution in [0.2, 0.25) is 0 Å². The van der Waals surface area contributed by atoms with E-state index in [9.17, 15) is 5.11 Å². The molecule has 0 radical (unpaired) electrons. The van der Waals surface area contributed by atoms with Crippen LogP contribution in [0.3, 0.4) is 0 Å². The largest absolute Gasteiger partial charge is 0.506 e. The molecule has 0 spiro atoms. The Hall–Kier alpha value is -1.95. The summed E-state index contributed by atoms with van der Waals surface area (Å²) in [7, 11) is 0. The molecule has 0 unspecified atom stereocenters. The topological polar surface area (TPSA) is 52.5 Å². The molecule has 1 aromatic carbocycles. The van der Waals surface area contributed by atoms with E-state index in [0.29, 0.717) is 5.75 Å². The summed E-state index contributed by atoms with van der Waals surface area (Å²) in [6.45, 7) is 3.61. The highest BCUT2D eigenvalue weighted by atomic mass is 32.2. The number of aromatic nitrogens is 2. The smallest absolute Gasteiger partial charge is 0.146 e. The van der Waals surface area contributed by atoms with Gasteiger partial charge in [-0.3, -0.25) is 0 Å². The summed E-state index contributed by atoms with van der Waals surface area (Å²) in [5, 5.41) is 10.0. The second-order valence-corrected chi connectivity index (χ2v) is 6.99. The van der Waals surface area contributed by atoms with Gasteiger partial charge in [-0.2, -0.15) is 0 Å². The molecule has 1 aromatic heterocycles. The molecule has 0 bridgehead atoms. The predicted molar refractivity (Wildman–Crippen MR) is 93.6 cm³/mol. The van der Waals surface area contributed by atoms with Crippen LogP contribution in [0.25, 0.3) is 0 Å². The molecule has 0 amide bonds. The summed E-state index contributed by atoms with van der Waals surface area (Å²) in [5.74, 6) is 2.61. The zero-order valence-corrected chi connectivity index (χ0v) is 13.8. The molecule has 2 aromatic rings. The first-order chi connectivity index (χ1) is 11.3. The monoisotopic (exact) mass is 328 g/mol. The molecule has 0 atom stereocenters. The van der Waals surface area contributed by atoms with Crippen LogP contribution in [0.4, 0.5) is 11.5 Å². The van der Waals surface area contributed by atoms with Crippen LogP contribution in [0.5, 0.6) is 5.75 Å². The molecule has 2 aliphatic heterocycles. The lowest BCUT2D eigenvalue weighted by molar-refractivity contribution is 0.472. The molecule has 6 heteroatoms.